The summed E-state index contributed by atoms with van der Waals surface area (Å²) in [6.45, 7) is 2.10. The standard InChI is InChI=1S/C21H21F3OS/c1-2-13-26-14-12-18(15-20(25)17-6-4-3-5-7-17)16-8-10-19(11-9-16)21(22,23)24/h3-11,15H,2,12-14H2,1H3/b18-15-. The molecule has 0 aromatic heterocycles. The van der Waals surface area contributed by atoms with Crippen LogP contribution in [0.15, 0.2) is 60.7 Å². The van der Waals surface area contributed by atoms with Crippen LogP contribution in [-0.2, 0) is 6.18 Å². The lowest BCUT2D eigenvalue weighted by Gasteiger charge is -2.11. The Hall–Kier alpha value is -2.01. The van der Waals surface area contributed by atoms with E-state index in [2.05, 4.69) is 6.92 Å². The van der Waals surface area contributed by atoms with Crippen LogP contribution < -0.4 is 0 Å². The number of carbonyl (C=O) groups is 1. The van der Waals surface area contributed by atoms with Gasteiger partial charge in [-0.1, -0.05) is 49.4 Å². The molecule has 0 aliphatic heterocycles. The Balaban J connectivity index is 2.25. The fraction of sp³-hybridized carbons (Fsp3) is 0.286. The molecule has 2 aromatic carbocycles. The van der Waals surface area contributed by atoms with E-state index in [1.165, 1.54) is 12.1 Å². The minimum Gasteiger partial charge on any atom is -0.289 e. The molecule has 26 heavy (non-hydrogen) atoms. The third-order valence-electron chi connectivity index (χ3n) is 3.81. The third kappa shape index (κ3) is 6.06. The number of thioether (sulfide) groups is 1. The van der Waals surface area contributed by atoms with E-state index in [-0.39, 0.29) is 5.78 Å². The normalized spacial score (nSPS) is 12.2. The van der Waals surface area contributed by atoms with Gasteiger partial charge in [-0.15, -0.1) is 0 Å². The molecule has 0 aliphatic carbocycles. The van der Waals surface area contributed by atoms with Crippen molar-refractivity contribution in [3.8, 4) is 0 Å². The highest BCUT2D eigenvalue weighted by molar-refractivity contribution is 7.99. The molecular formula is C21H21F3OS. The fourth-order valence-corrected chi connectivity index (χ4v) is 3.30. The van der Waals surface area contributed by atoms with Crippen LogP contribution in [0, 0.1) is 0 Å². The highest BCUT2D eigenvalue weighted by Crippen LogP contribution is 2.31. The quantitative estimate of drug-likeness (QED) is 0.296. The molecule has 2 aromatic rings. The third-order valence-corrected chi connectivity index (χ3v) is 5.00. The maximum atomic E-state index is 12.8. The van der Waals surface area contributed by atoms with Crippen molar-refractivity contribution < 1.29 is 18.0 Å². The summed E-state index contributed by atoms with van der Waals surface area (Å²) in [6.07, 6.45) is -1.12. The van der Waals surface area contributed by atoms with Gasteiger partial charge >= 0.3 is 6.18 Å². The second-order valence-electron chi connectivity index (χ2n) is 5.84. The number of hydrogen-bond acceptors (Lipinski definition) is 2. The van der Waals surface area contributed by atoms with Crippen LogP contribution in [-0.4, -0.2) is 17.3 Å². The average Bonchev–Trinajstić information content (AvgIpc) is 2.64. The summed E-state index contributed by atoms with van der Waals surface area (Å²) in [5.41, 5.74) is 1.30. The summed E-state index contributed by atoms with van der Waals surface area (Å²) in [7, 11) is 0. The Morgan fingerprint density at radius 1 is 0.962 bits per heavy atom. The lowest BCUT2D eigenvalue weighted by Crippen LogP contribution is -2.04. The zero-order chi connectivity index (χ0) is 19.0. The molecule has 0 atom stereocenters. The van der Waals surface area contributed by atoms with Crippen molar-refractivity contribution in [3.63, 3.8) is 0 Å². The van der Waals surface area contributed by atoms with Crippen molar-refractivity contribution in [1.82, 2.24) is 0 Å². The monoisotopic (exact) mass is 378 g/mol. The van der Waals surface area contributed by atoms with Gasteiger partial charge in [0, 0.05) is 5.56 Å². The number of alkyl halides is 3. The summed E-state index contributed by atoms with van der Waals surface area (Å²) < 4.78 is 38.3. The highest BCUT2D eigenvalue weighted by Gasteiger charge is 2.30. The van der Waals surface area contributed by atoms with E-state index in [4.69, 9.17) is 0 Å². The first-order valence-electron chi connectivity index (χ1n) is 8.47. The van der Waals surface area contributed by atoms with E-state index in [1.807, 2.05) is 6.07 Å². The Morgan fingerprint density at radius 2 is 1.62 bits per heavy atom. The van der Waals surface area contributed by atoms with Gasteiger partial charge in [-0.05, 0) is 53.7 Å². The van der Waals surface area contributed by atoms with Gasteiger partial charge in [0.05, 0.1) is 5.56 Å². The SMILES string of the molecule is CCCSCC/C(=C/C(=O)c1ccccc1)c1ccc(C(F)(F)F)cc1. The van der Waals surface area contributed by atoms with Gasteiger partial charge in [-0.2, -0.15) is 24.9 Å². The molecule has 0 saturated carbocycles. The topological polar surface area (TPSA) is 17.1 Å². The van der Waals surface area contributed by atoms with Crippen LogP contribution in [0.2, 0.25) is 0 Å². The minimum atomic E-state index is -4.36. The molecule has 2 rings (SSSR count). The van der Waals surface area contributed by atoms with Crippen LogP contribution >= 0.6 is 11.8 Å². The molecule has 0 saturated heterocycles. The van der Waals surface area contributed by atoms with Gasteiger partial charge < -0.3 is 0 Å². The molecule has 138 valence electrons. The zero-order valence-electron chi connectivity index (χ0n) is 14.6. The number of halogens is 3. The van der Waals surface area contributed by atoms with Crippen LogP contribution in [0.1, 0.15) is 41.3 Å². The molecule has 0 spiro atoms. The van der Waals surface area contributed by atoms with E-state index in [1.54, 1.807) is 42.1 Å². The van der Waals surface area contributed by atoms with Gasteiger partial charge in [0.15, 0.2) is 5.78 Å². The van der Waals surface area contributed by atoms with Crippen molar-refractivity contribution in [2.24, 2.45) is 0 Å². The number of allylic oxidation sites excluding steroid dienone is 2. The lowest BCUT2D eigenvalue weighted by molar-refractivity contribution is -0.137. The van der Waals surface area contributed by atoms with Crippen LogP contribution in [0.5, 0.6) is 0 Å². The van der Waals surface area contributed by atoms with E-state index >= 15 is 0 Å². The second kappa shape index (κ2) is 9.62. The van der Waals surface area contributed by atoms with Crippen LogP contribution in [0.4, 0.5) is 13.2 Å². The molecule has 1 nitrogen and oxygen atoms in total. The second-order valence-corrected chi connectivity index (χ2v) is 7.06. The van der Waals surface area contributed by atoms with Crippen molar-refractivity contribution in [3.05, 3.63) is 77.4 Å². The molecule has 0 fully saturated rings. The predicted octanol–water partition coefficient (Wildman–Crippen LogP) is 6.51. The summed E-state index contributed by atoms with van der Waals surface area (Å²) in [6, 6.07) is 13.9. The van der Waals surface area contributed by atoms with E-state index in [0.29, 0.717) is 17.5 Å². The number of ketones is 1. The van der Waals surface area contributed by atoms with E-state index < -0.39 is 11.7 Å². The highest BCUT2D eigenvalue weighted by atomic mass is 32.2. The number of hydrogen-bond donors (Lipinski definition) is 0. The average molecular weight is 378 g/mol. The smallest absolute Gasteiger partial charge is 0.289 e. The lowest BCUT2D eigenvalue weighted by atomic mass is 9.98. The fourth-order valence-electron chi connectivity index (χ4n) is 2.45. The Bertz CT molecular complexity index is 734. The zero-order valence-corrected chi connectivity index (χ0v) is 15.4. The molecule has 0 amide bonds. The minimum absolute atomic E-state index is 0.138. The van der Waals surface area contributed by atoms with Crippen LogP contribution in [0.25, 0.3) is 5.57 Å². The molecule has 0 N–H and O–H groups in total. The summed E-state index contributed by atoms with van der Waals surface area (Å²) in [5.74, 6) is 1.70. The summed E-state index contributed by atoms with van der Waals surface area (Å²) in [5, 5.41) is 0. The van der Waals surface area contributed by atoms with Crippen LogP contribution in [0.3, 0.4) is 0 Å². The molecule has 5 heteroatoms. The van der Waals surface area contributed by atoms with E-state index in [0.717, 1.165) is 35.6 Å². The van der Waals surface area contributed by atoms with Crippen molar-refractivity contribution in [2.75, 3.05) is 11.5 Å². The first-order chi connectivity index (χ1) is 12.4. The van der Waals surface area contributed by atoms with Gasteiger partial charge in [0.25, 0.3) is 0 Å². The van der Waals surface area contributed by atoms with Gasteiger partial charge in [0.1, 0.15) is 0 Å². The molecule has 0 aliphatic rings. The number of rotatable bonds is 8. The maximum absolute atomic E-state index is 12.8. The molecule has 0 bridgehead atoms. The first kappa shape index (κ1) is 20.3. The van der Waals surface area contributed by atoms with Crippen molar-refractivity contribution in [1.29, 1.82) is 0 Å². The van der Waals surface area contributed by atoms with Gasteiger partial charge in [0.2, 0.25) is 0 Å². The summed E-state index contributed by atoms with van der Waals surface area (Å²) >= 11 is 1.77. The molecule has 0 heterocycles. The Kier molecular flexibility index (Phi) is 7.51. The molecule has 0 radical (unpaired) electrons. The first-order valence-corrected chi connectivity index (χ1v) is 9.62. The number of benzene rings is 2. The Labute approximate surface area is 156 Å². The van der Waals surface area contributed by atoms with Crippen molar-refractivity contribution in [2.45, 2.75) is 25.9 Å². The van der Waals surface area contributed by atoms with E-state index in [9.17, 15) is 18.0 Å². The van der Waals surface area contributed by atoms with Crippen molar-refractivity contribution >= 4 is 23.1 Å². The molecule has 0 unspecified atom stereocenters. The number of carbonyl (C=O) groups excluding carboxylic acids is 1. The van der Waals surface area contributed by atoms with Gasteiger partial charge in [-0.25, -0.2) is 0 Å². The molecular weight excluding hydrogens is 357 g/mol. The van der Waals surface area contributed by atoms with Gasteiger partial charge in [-0.3, -0.25) is 4.79 Å². The largest absolute Gasteiger partial charge is 0.416 e. The summed E-state index contributed by atoms with van der Waals surface area (Å²) in [4.78, 5) is 12.5. The Morgan fingerprint density at radius 3 is 2.19 bits per heavy atom. The predicted molar refractivity (Wildman–Crippen MR) is 102 cm³/mol. The maximum Gasteiger partial charge on any atom is 0.416 e.